The molecule has 2 heterocycles. The molecule has 0 amide bonds. The Hall–Kier alpha value is -1.19. The fourth-order valence-electron chi connectivity index (χ4n) is 3.09. The van der Waals surface area contributed by atoms with E-state index in [9.17, 15) is 0 Å². The molecule has 1 saturated heterocycles. The van der Waals surface area contributed by atoms with E-state index in [1.165, 1.54) is 12.8 Å². The number of hydrogen-bond donors (Lipinski definition) is 1. The van der Waals surface area contributed by atoms with Crippen LogP contribution in [0.2, 0.25) is 0 Å². The molecule has 0 spiro atoms. The number of aromatic nitrogens is 2. The maximum Gasteiger partial charge on any atom is 0.150 e. The number of nitrogens with two attached hydrogens (primary N) is 1. The molecular formula is C15H28N4. The average molecular weight is 264 g/mol. The summed E-state index contributed by atoms with van der Waals surface area (Å²) in [6.45, 7) is 14.2. The molecule has 108 valence electrons. The highest BCUT2D eigenvalue weighted by Gasteiger charge is 2.30. The standard InChI is InChI=1S/C15H28N4/c1-6-19-14(13(16)11(2)17-19)18-9-7-12(8-10-18)15(3,4)5/h12H,6-10,16H2,1-5H3. The molecule has 1 aromatic rings. The molecule has 1 aromatic heterocycles. The van der Waals surface area contributed by atoms with Gasteiger partial charge in [0.15, 0.2) is 5.82 Å². The zero-order valence-corrected chi connectivity index (χ0v) is 13.0. The Morgan fingerprint density at radius 1 is 1.26 bits per heavy atom. The topological polar surface area (TPSA) is 47.1 Å². The summed E-state index contributed by atoms with van der Waals surface area (Å²) in [5, 5.41) is 4.52. The summed E-state index contributed by atoms with van der Waals surface area (Å²) in [5.74, 6) is 1.94. The molecule has 0 saturated carbocycles. The normalized spacial score (nSPS) is 18.1. The van der Waals surface area contributed by atoms with Gasteiger partial charge in [0, 0.05) is 19.6 Å². The summed E-state index contributed by atoms with van der Waals surface area (Å²) in [6, 6.07) is 0. The van der Waals surface area contributed by atoms with Crippen LogP contribution in [0.15, 0.2) is 0 Å². The van der Waals surface area contributed by atoms with Gasteiger partial charge in [-0.15, -0.1) is 0 Å². The third-order valence-electron chi connectivity index (χ3n) is 4.46. The van der Waals surface area contributed by atoms with E-state index in [1.807, 2.05) is 11.6 Å². The van der Waals surface area contributed by atoms with Crippen LogP contribution >= 0.6 is 0 Å². The average Bonchev–Trinajstić information content (AvgIpc) is 2.64. The second-order valence-corrected chi connectivity index (χ2v) is 6.77. The summed E-state index contributed by atoms with van der Waals surface area (Å²) >= 11 is 0. The van der Waals surface area contributed by atoms with Crippen LogP contribution in [0.3, 0.4) is 0 Å². The van der Waals surface area contributed by atoms with Gasteiger partial charge in [-0.25, -0.2) is 4.68 Å². The van der Waals surface area contributed by atoms with Crippen molar-refractivity contribution in [3.8, 4) is 0 Å². The van der Waals surface area contributed by atoms with Gasteiger partial charge in [-0.1, -0.05) is 20.8 Å². The molecule has 19 heavy (non-hydrogen) atoms. The second-order valence-electron chi connectivity index (χ2n) is 6.77. The smallest absolute Gasteiger partial charge is 0.150 e. The minimum Gasteiger partial charge on any atom is -0.394 e. The first-order valence-electron chi connectivity index (χ1n) is 7.42. The Kier molecular flexibility index (Phi) is 3.79. The Bertz CT molecular complexity index is 434. The Morgan fingerprint density at radius 3 is 2.32 bits per heavy atom. The number of rotatable bonds is 2. The van der Waals surface area contributed by atoms with Gasteiger partial charge in [-0.3, -0.25) is 0 Å². The first-order valence-corrected chi connectivity index (χ1v) is 7.42. The predicted octanol–water partition coefficient (Wildman–Crippen LogP) is 3.06. The molecule has 2 rings (SSSR count). The van der Waals surface area contributed by atoms with Crippen LogP contribution in [0.4, 0.5) is 11.5 Å². The van der Waals surface area contributed by atoms with Gasteiger partial charge in [-0.2, -0.15) is 5.10 Å². The molecule has 1 aliphatic rings. The lowest BCUT2D eigenvalue weighted by atomic mass is 9.75. The molecular weight excluding hydrogens is 236 g/mol. The molecule has 4 heteroatoms. The third kappa shape index (κ3) is 2.72. The Labute approximate surface area is 117 Å². The Morgan fingerprint density at radius 2 is 1.84 bits per heavy atom. The quantitative estimate of drug-likeness (QED) is 0.893. The number of nitrogens with zero attached hydrogens (tertiary/aromatic N) is 3. The van der Waals surface area contributed by atoms with Gasteiger partial charge in [0.25, 0.3) is 0 Å². The van der Waals surface area contributed by atoms with Gasteiger partial charge < -0.3 is 10.6 Å². The highest BCUT2D eigenvalue weighted by Crippen LogP contribution is 2.37. The molecule has 1 fully saturated rings. The van der Waals surface area contributed by atoms with E-state index in [2.05, 4.69) is 37.7 Å². The molecule has 2 N–H and O–H groups in total. The molecule has 0 atom stereocenters. The highest BCUT2D eigenvalue weighted by molar-refractivity contribution is 5.66. The summed E-state index contributed by atoms with van der Waals surface area (Å²) in [5.41, 5.74) is 8.43. The van der Waals surface area contributed by atoms with Crippen molar-refractivity contribution in [3.05, 3.63) is 5.69 Å². The lowest BCUT2D eigenvalue weighted by molar-refractivity contribution is 0.198. The highest BCUT2D eigenvalue weighted by atomic mass is 15.4. The molecule has 1 aliphatic heterocycles. The molecule has 0 unspecified atom stereocenters. The lowest BCUT2D eigenvalue weighted by Gasteiger charge is -2.39. The zero-order chi connectivity index (χ0) is 14.2. The van der Waals surface area contributed by atoms with Crippen LogP contribution < -0.4 is 10.6 Å². The third-order valence-corrected chi connectivity index (χ3v) is 4.46. The van der Waals surface area contributed by atoms with E-state index in [0.717, 1.165) is 42.8 Å². The van der Waals surface area contributed by atoms with Gasteiger partial charge >= 0.3 is 0 Å². The Balaban J connectivity index is 2.14. The summed E-state index contributed by atoms with van der Waals surface area (Å²) in [4.78, 5) is 2.42. The predicted molar refractivity (Wildman–Crippen MR) is 81.4 cm³/mol. The van der Waals surface area contributed by atoms with Crippen molar-refractivity contribution in [1.29, 1.82) is 0 Å². The largest absolute Gasteiger partial charge is 0.394 e. The first-order chi connectivity index (χ1) is 8.84. The maximum absolute atomic E-state index is 6.21. The van der Waals surface area contributed by atoms with Gasteiger partial charge in [-0.05, 0) is 38.0 Å². The van der Waals surface area contributed by atoms with Crippen LogP contribution in [0.5, 0.6) is 0 Å². The van der Waals surface area contributed by atoms with Crippen LogP contribution in [0.1, 0.15) is 46.2 Å². The number of piperidine rings is 1. The van der Waals surface area contributed by atoms with Crippen molar-refractivity contribution in [1.82, 2.24) is 9.78 Å². The SMILES string of the molecule is CCn1nc(C)c(N)c1N1CCC(C(C)(C)C)CC1. The number of aryl methyl sites for hydroxylation is 2. The molecule has 0 radical (unpaired) electrons. The fraction of sp³-hybridized carbons (Fsp3) is 0.800. The first kappa shape index (κ1) is 14.2. The number of hydrogen-bond acceptors (Lipinski definition) is 3. The summed E-state index contributed by atoms with van der Waals surface area (Å²) in [7, 11) is 0. The van der Waals surface area contributed by atoms with Crippen molar-refractivity contribution >= 4 is 11.5 Å². The summed E-state index contributed by atoms with van der Waals surface area (Å²) in [6.07, 6.45) is 2.49. The molecule has 0 aromatic carbocycles. The van der Waals surface area contributed by atoms with Crippen molar-refractivity contribution < 1.29 is 0 Å². The molecule has 0 aliphatic carbocycles. The van der Waals surface area contributed by atoms with Crippen LogP contribution in [0.25, 0.3) is 0 Å². The van der Waals surface area contributed by atoms with Gasteiger partial charge in [0.05, 0.1) is 11.4 Å². The maximum atomic E-state index is 6.21. The molecule has 0 bridgehead atoms. The van der Waals surface area contributed by atoms with Crippen molar-refractivity contribution in [2.75, 3.05) is 23.7 Å². The lowest BCUT2D eigenvalue weighted by Crippen LogP contribution is -2.39. The van der Waals surface area contributed by atoms with Crippen molar-refractivity contribution in [2.45, 2.75) is 54.0 Å². The van der Waals surface area contributed by atoms with Gasteiger partial charge in [0.1, 0.15) is 0 Å². The number of anilines is 2. The van der Waals surface area contributed by atoms with Crippen molar-refractivity contribution in [3.63, 3.8) is 0 Å². The monoisotopic (exact) mass is 264 g/mol. The van der Waals surface area contributed by atoms with Crippen LogP contribution in [-0.4, -0.2) is 22.9 Å². The summed E-state index contributed by atoms with van der Waals surface area (Å²) < 4.78 is 2.04. The van der Waals surface area contributed by atoms with Crippen molar-refractivity contribution in [2.24, 2.45) is 11.3 Å². The molecule has 4 nitrogen and oxygen atoms in total. The number of nitrogen functional groups attached to an aromatic ring is 1. The van der Waals surface area contributed by atoms with E-state index >= 15 is 0 Å². The van der Waals surface area contributed by atoms with E-state index in [0.29, 0.717) is 5.41 Å². The van der Waals surface area contributed by atoms with E-state index in [1.54, 1.807) is 0 Å². The van der Waals surface area contributed by atoms with E-state index in [4.69, 9.17) is 5.73 Å². The minimum absolute atomic E-state index is 0.415. The van der Waals surface area contributed by atoms with Crippen LogP contribution in [0, 0.1) is 18.3 Å². The second kappa shape index (κ2) is 5.06. The zero-order valence-electron chi connectivity index (χ0n) is 13.0. The van der Waals surface area contributed by atoms with E-state index in [-0.39, 0.29) is 0 Å². The van der Waals surface area contributed by atoms with Crippen LogP contribution in [-0.2, 0) is 6.54 Å². The van der Waals surface area contributed by atoms with E-state index < -0.39 is 0 Å². The van der Waals surface area contributed by atoms with Gasteiger partial charge in [0.2, 0.25) is 0 Å². The minimum atomic E-state index is 0.415. The fourth-order valence-corrected chi connectivity index (χ4v) is 3.09.